The molecule has 6 heteroatoms. The number of alkyl halides is 1. The van der Waals surface area contributed by atoms with Gasteiger partial charge in [0.2, 0.25) is 5.91 Å². The Labute approximate surface area is 104 Å². The molecule has 1 atom stereocenters. The molecule has 1 unspecified atom stereocenters. The van der Waals surface area contributed by atoms with Gasteiger partial charge in [-0.25, -0.2) is 4.98 Å². The molecule has 1 N–H and O–H groups in total. The molecular formula is C11H13ClN4O. The van der Waals surface area contributed by atoms with Crippen LogP contribution in [-0.2, 0) is 11.3 Å². The molecule has 0 aliphatic heterocycles. The van der Waals surface area contributed by atoms with Crippen molar-refractivity contribution in [2.24, 2.45) is 0 Å². The predicted molar refractivity (Wildman–Crippen MR) is 65.9 cm³/mol. The Hall–Kier alpha value is -1.62. The van der Waals surface area contributed by atoms with Gasteiger partial charge in [0.1, 0.15) is 17.9 Å². The predicted octanol–water partition coefficient (Wildman–Crippen LogP) is 1.48. The normalized spacial score (nSPS) is 12.6. The second-order valence-electron chi connectivity index (χ2n) is 3.71. The molecule has 0 fully saturated rings. The van der Waals surface area contributed by atoms with Gasteiger partial charge in [-0.15, -0.1) is 11.6 Å². The number of hydrogen-bond acceptors (Lipinski definition) is 3. The number of likely N-dealkylation sites (N-methyl/N-ethyl adjacent to an activating group) is 1. The highest BCUT2D eigenvalue weighted by Gasteiger charge is 2.16. The Kier molecular flexibility index (Phi) is 3.28. The maximum atomic E-state index is 11.5. The van der Waals surface area contributed by atoms with Crippen LogP contribution in [0.2, 0.25) is 0 Å². The highest BCUT2D eigenvalue weighted by Crippen LogP contribution is 2.23. The van der Waals surface area contributed by atoms with Gasteiger partial charge in [0.15, 0.2) is 0 Å². The van der Waals surface area contributed by atoms with Crippen molar-refractivity contribution in [3.63, 3.8) is 0 Å². The summed E-state index contributed by atoms with van der Waals surface area (Å²) >= 11 is 6.07. The zero-order chi connectivity index (χ0) is 12.4. The van der Waals surface area contributed by atoms with Gasteiger partial charge >= 0.3 is 0 Å². The van der Waals surface area contributed by atoms with Crippen LogP contribution in [0.1, 0.15) is 18.1 Å². The largest absolute Gasteiger partial charge is 0.358 e. The fraction of sp³-hybridized carbons (Fsp3) is 0.364. The van der Waals surface area contributed by atoms with Crippen molar-refractivity contribution < 1.29 is 4.79 Å². The van der Waals surface area contributed by atoms with Crippen LogP contribution in [0.15, 0.2) is 18.5 Å². The molecule has 0 radical (unpaired) electrons. The van der Waals surface area contributed by atoms with Crippen LogP contribution in [0.5, 0.6) is 0 Å². The molecule has 1 amide bonds. The number of rotatable bonds is 3. The SMILES string of the molecule is CNC(=O)Cn1c(C(C)Cl)nc2cnccc21. The number of halogens is 1. The summed E-state index contributed by atoms with van der Waals surface area (Å²) in [6.07, 6.45) is 3.34. The third-order valence-electron chi connectivity index (χ3n) is 2.52. The molecule has 0 aromatic carbocycles. The second-order valence-corrected chi connectivity index (χ2v) is 4.36. The Morgan fingerprint density at radius 3 is 3.06 bits per heavy atom. The maximum absolute atomic E-state index is 11.5. The molecule has 0 saturated heterocycles. The Morgan fingerprint density at radius 2 is 2.41 bits per heavy atom. The van der Waals surface area contributed by atoms with Gasteiger partial charge in [-0.1, -0.05) is 0 Å². The summed E-state index contributed by atoms with van der Waals surface area (Å²) in [6, 6.07) is 1.83. The highest BCUT2D eigenvalue weighted by molar-refractivity contribution is 6.20. The summed E-state index contributed by atoms with van der Waals surface area (Å²) in [5.41, 5.74) is 1.62. The van der Waals surface area contributed by atoms with E-state index in [0.717, 1.165) is 11.0 Å². The van der Waals surface area contributed by atoms with E-state index >= 15 is 0 Å². The average molecular weight is 253 g/mol. The van der Waals surface area contributed by atoms with Gasteiger partial charge in [-0.3, -0.25) is 9.78 Å². The van der Waals surface area contributed by atoms with Gasteiger partial charge in [0.25, 0.3) is 0 Å². The van der Waals surface area contributed by atoms with Crippen molar-refractivity contribution in [3.8, 4) is 0 Å². The van der Waals surface area contributed by atoms with E-state index in [9.17, 15) is 4.79 Å². The Bertz CT molecular complexity index is 549. The minimum absolute atomic E-state index is 0.0836. The van der Waals surface area contributed by atoms with Crippen LogP contribution < -0.4 is 5.32 Å². The van der Waals surface area contributed by atoms with Crippen molar-refractivity contribution in [2.45, 2.75) is 18.8 Å². The number of imidazole rings is 1. The lowest BCUT2D eigenvalue weighted by Crippen LogP contribution is -2.24. The minimum atomic E-state index is -0.257. The van der Waals surface area contributed by atoms with Crippen LogP contribution in [0.3, 0.4) is 0 Å². The Morgan fingerprint density at radius 1 is 1.65 bits per heavy atom. The minimum Gasteiger partial charge on any atom is -0.358 e. The van der Waals surface area contributed by atoms with E-state index < -0.39 is 0 Å². The van der Waals surface area contributed by atoms with Crippen molar-refractivity contribution >= 4 is 28.5 Å². The summed E-state index contributed by atoms with van der Waals surface area (Å²) in [5.74, 6) is 0.595. The molecule has 0 bridgehead atoms. The van der Waals surface area contributed by atoms with Crippen LogP contribution in [0.4, 0.5) is 0 Å². The maximum Gasteiger partial charge on any atom is 0.239 e. The van der Waals surface area contributed by atoms with Gasteiger partial charge in [0, 0.05) is 13.2 Å². The number of nitrogens with one attached hydrogen (secondary N) is 1. The second kappa shape index (κ2) is 4.71. The molecule has 2 heterocycles. The molecule has 17 heavy (non-hydrogen) atoms. The lowest BCUT2D eigenvalue weighted by Gasteiger charge is -2.09. The number of nitrogens with zero attached hydrogens (tertiary/aromatic N) is 3. The molecule has 2 aromatic heterocycles. The third kappa shape index (κ3) is 2.24. The van der Waals surface area contributed by atoms with Crippen LogP contribution in [0.25, 0.3) is 11.0 Å². The number of amides is 1. The van der Waals surface area contributed by atoms with E-state index in [1.165, 1.54) is 0 Å². The standard InChI is InChI=1S/C11H13ClN4O/c1-7(12)11-15-8-5-14-4-3-9(8)16(11)6-10(17)13-2/h3-5,7H,6H2,1-2H3,(H,13,17). The first-order valence-corrected chi connectivity index (χ1v) is 5.72. The number of aromatic nitrogens is 3. The van der Waals surface area contributed by atoms with Gasteiger partial charge < -0.3 is 9.88 Å². The van der Waals surface area contributed by atoms with Crippen LogP contribution in [-0.4, -0.2) is 27.5 Å². The van der Waals surface area contributed by atoms with E-state index in [4.69, 9.17) is 11.6 Å². The summed E-state index contributed by atoms with van der Waals surface area (Å²) in [4.78, 5) is 19.9. The number of fused-ring (bicyclic) bond motifs is 1. The molecule has 0 saturated carbocycles. The summed E-state index contributed by atoms with van der Waals surface area (Å²) in [6.45, 7) is 2.04. The fourth-order valence-corrected chi connectivity index (χ4v) is 1.86. The van der Waals surface area contributed by atoms with E-state index in [0.29, 0.717) is 5.82 Å². The van der Waals surface area contributed by atoms with E-state index in [1.54, 1.807) is 19.4 Å². The zero-order valence-electron chi connectivity index (χ0n) is 9.64. The number of pyridine rings is 1. The lowest BCUT2D eigenvalue weighted by atomic mass is 10.4. The highest BCUT2D eigenvalue weighted by atomic mass is 35.5. The van der Waals surface area contributed by atoms with Gasteiger partial charge in [0.05, 0.1) is 17.1 Å². The van der Waals surface area contributed by atoms with Crippen molar-refractivity contribution in [3.05, 3.63) is 24.3 Å². The quantitative estimate of drug-likeness (QED) is 0.842. The van der Waals surface area contributed by atoms with Crippen molar-refractivity contribution in [1.82, 2.24) is 19.9 Å². The zero-order valence-corrected chi connectivity index (χ0v) is 10.4. The van der Waals surface area contributed by atoms with Gasteiger partial charge in [-0.2, -0.15) is 0 Å². The van der Waals surface area contributed by atoms with Crippen molar-refractivity contribution in [1.29, 1.82) is 0 Å². The van der Waals surface area contributed by atoms with E-state index in [1.807, 2.05) is 17.6 Å². The lowest BCUT2D eigenvalue weighted by molar-refractivity contribution is -0.121. The summed E-state index contributed by atoms with van der Waals surface area (Å²) in [7, 11) is 1.60. The molecule has 5 nitrogen and oxygen atoms in total. The molecule has 0 aliphatic carbocycles. The molecule has 0 aliphatic rings. The first-order chi connectivity index (χ1) is 8.13. The Balaban J connectivity index is 2.55. The summed E-state index contributed by atoms with van der Waals surface area (Å²) < 4.78 is 1.81. The first-order valence-electron chi connectivity index (χ1n) is 5.28. The summed E-state index contributed by atoms with van der Waals surface area (Å²) in [5, 5.41) is 2.33. The smallest absolute Gasteiger partial charge is 0.239 e. The molecular weight excluding hydrogens is 240 g/mol. The first kappa shape index (κ1) is 11.9. The average Bonchev–Trinajstić information content (AvgIpc) is 2.68. The van der Waals surface area contributed by atoms with Crippen LogP contribution >= 0.6 is 11.6 Å². The number of carbonyl (C=O) groups is 1. The topological polar surface area (TPSA) is 59.8 Å². The fourth-order valence-electron chi connectivity index (χ4n) is 1.69. The molecule has 2 rings (SSSR count). The third-order valence-corrected chi connectivity index (χ3v) is 2.71. The van der Waals surface area contributed by atoms with Gasteiger partial charge in [-0.05, 0) is 13.0 Å². The van der Waals surface area contributed by atoms with E-state index in [-0.39, 0.29) is 17.8 Å². The molecule has 2 aromatic rings. The molecule has 90 valence electrons. The van der Waals surface area contributed by atoms with Crippen molar-refractivity contribution in [2.75, 3.05) is 7.05 Å². The molecule has 0 spiro atoms. The van der Waals surface area contributed by atoms with E-state index in [2.05, 4.69) is 15.3 Å². The van der Waals surface area contributed by atoms with Crippen LogP contribution in [0, 0.1) is 0 Å². The monoisotopic (exact) mass is 252 g/mol. The number of carbonyl (C=O) groups excluding carboxylic acids is 1. The number of hydrogen-bond donors (Lipinski definition) is 1.